The molecule has 3 N–H and O–H groups in total. The van der Waals surface area contributed by atoms with Crippen LogP contribution in [0.15, 0.2) is 54.6 Å². The van der Waals surface area contributed by atoms with Gasteiger partial charge in [-0.25, -0.2) is 0 Å². The highest BCUT2D eigenvalue weighted by molar-refractivity contribution is 6.39. The number of anilines is 1. The van der Waals surface area contributed by atoms with Crippen molar-refractivity contribution in [1.29, 1.82) is 0 Å². The number of para-hydroxylation sites is 2. The van der Waals surface area contributed by atoms with Crippen LogP contribution >= 0.6 is 0 Å². The number of nitrogens with one attached hydrogen (secondary N) is 2. The van der Waals surface area contributed by atoms with E-state index in [1.165, 1.54) is 7.11 Å². The van der Waals surface area contributed by atoms with Crippen LogP contribution < -0.4 is 15.4 Å². The summed E-state index contributed by atoms with van der Waals surface area (Å²) in [6, 6.07) is 16.2. The number of carbonyl (C=O) groups excluding carboxylic acids is 2. The maximum absolute atomic E-state index is 11.9. The first-order chi connectivity index (χ1) is 11.6. The van der Waals surface area contributed by atoms with Crippen molar-refractivity contribution in [3.63, 3.8) is 0 Å². The Morgan fingerprint density at radius 3 is 2.42 bits per heavy atom. The van der Waals surface area contributed by atoms with Crippen LogP contribution in [-0.4, -0.2) is 36.7 Å². The fourth-order valence-corrected chi connectivity index (χ4v) is 2.18. The lowest BCUT2D eigenvalue weighted by Gasteiger charge is -2.13. The van der Waals surface area contributed by atoms with Gasteiger partial charge >= 0.3 is 11.8 Å². The van der Waals surface area contributed by atoms with Gasteiger partial charge in [-0.15, -0.1) is 0 Å². The van der Waals surface area contributed by atoms with Crippen molar-refractivity contribution < 1.29 is 19.4 Å². The standard InChI is InChI=1S/C18H20N2O4/c1-24-16-10-6-5-9-15(16)20-18(23)17(22)19-12-14(21)11-13-7-3-2-4-8-13/h2-10,14,21H,11-12H2,1H3,(H,19,22)(H,20,23). The van der Waals surface area contributed by atoms with Crippen LogP contribution in [0.3, 0.4) is 0 Å². The first-order valence-corrected chi connectivity index (χ1v) is 7.54. The fraction of sp³-hybridized carbons (Fsp3) is 0.222. The molecule has 1 unspecified atom stereocenters. The first kappa shape index (κ1) is 17.5. The summed E-state index contributed by atoms with van der Waals surface area (Å²) < 4.78 is 5.10. The second-order valence-electron chi connectivity index (χ2n) is 5.21. The molecule has 2 aromatic rings. The molecule has 0 aliphatic carbocycles. The molecule has 0 spiro atoms. The molecule has 1 atom stereocenters. The van der Waals surface area contributed by atoms with Gasteiger partial charge in [0.15, 0.2) is 0 Å². The summed E-state index contributed by atoms with van der Waals surface area (Å²) in [6.45, 7) is -0.00687. The third-order valence-corrected chi connectivity index (χ3v) is 3.37. The van der Waals surface area contributed by atoms with Gasteiger partial charge in [0.05, 0.1) is 18.9 Å². The van der Waals surface area contributed by atoms with Crippen LogP contribution in [0.5, 0.6) is 5.75 Å². The van der Waals surface area contributed by atoms with Gasteiger partial charge in [0.1, 0.15) is 5.75 Å². The Kier molecular flexibility index (Phi) is 6.33. The highest BCUT2D eigenvalue weighted by atomic mass is 16.5. The maximum Gasteiger partial charge on any atom is 0.313 e. The lowest BCUT2D eigenvalue weighted by molar-refractivity contribution is -0.136. The Bertz CT molecular complexity index is 688. The monoisotopic (exact) mass is 328 g/mol. The summed E-state index contributed by atoms with van der Waals surface area (Å²) >= 11 is 0. The molecule has 2 rings (SSSR count). The molecule has 0 saturated heterocycles. The topological polar surface area (TPSA) is 87.7 Å². The molecule has 6 heteroatoms. The van der Waals surface area contributed by atoms with Crippen molar-refractivity contribution in [3.05, 3.63) is 60.2 Å². The second-order valence-corrected chi connectivity index (χ2v) is 5.21. The smallest absolute Gasteiger partial charge is 0.313 e. The van der Waals surface area contributed by atoms with Crippen LogP contribution in [-0.2, 0) is 16.0 Å². The molecule has 2 amide bonds. The number of rotatable bonds is 6. The molecule has 0 fully saturated rings. The number of hydrogen-bond donors (Lipinski definition) is 3. The van der Waals surface area contributed by atoms with E-state index in [1.807, 2.05) is 30.3 Å². The Morgan fingerprint density at radius 1 is 1.04 bits per heavy atom. The number of hydrogen-bond acceptors (Lipinski definition) is 4. The third kappa shape index (κ3) is 5.10. The largest absolute Gasteiger partial charge is 0.495 e. The van der Waals surface area contributed by atoms with E-state index in [0.29, 0.717) is 17.9 Å². The summed E-state index contributed by atoms with van der Waals surface area (Å²) in [7, 11) is 1.48. The summed E-state index contributed by atoms with van der Waals surface area (Å²) in [5.41, 5.74) is 1.36. The predicted molar refractivity (Wildman–Crippen MR) is 90.8 cm³/mol. The second kappa shape index (κ2) is 8.69. The number of methoxy groups -OCH3 is 1. The molecule has 126 valence electrons. The van der Waals surface area contributed by atoms with Crippen LogP contribution in [0, 0.1) is 0 Å². The summed E-state index contributed by atoms with van der Waals surface area (Å²) in [5.74, 6) is -1.16. The molecule has 2 aromatic carbocycles. The first-order valence-electron chi connectivity index (χ1n) is 7.54. The third-order valence-electron chi connectivity index (χ3n) is 3.37. The van der Waals surface area contributed by atoms with E-state index in [0.717, 1.165) is 5.56 Å². The van der Waals surface area contributed by atoms with E-state index < -0.39 is 17.9 Å². The van der Waals surface area contributed by atoms with Crippen LogP contribution in [0.25, 0.3) is 0 Å². The number of carbonyl (C=O) groups is 2. The molecule has 24 heavy (non-hydrogen) atoms. The van der Waals surface area contributed by atoms with Gasteiger partial charge in [-0.2, -0.15) is 0 Å². The van der Waals surface area contributed by atoms with Crippen molar-refractivity contribution in [1.82, 2.24) is 5.32 Å². The molecule has 6 nitrogen and oxygen atoms in total. The molecule has 0 aliphatic rings. The Labute approximate surface area is 140 Å². The van der Waals surface area contributed by atoms with Crippen LogP contribution in [0.4, 0.5) is 5.69 Å². The minimum atomic E-state index is -0.814. The van der Waals surface area contributed by atoms with Gasteiger partial charge in [0, 0.05) is 13.0 Å². The average molecular weight is 328 g/mol. The predicted octanol–water partition coefficient (Wildman–Crippen LogP) is 1.35. The van der Waals surface area contributed by atoms with E-state index >= 15 is 0 Å². The van der Waals surface area contributed by atoms with Gasteiger partial charge in [0.25, 0.3) is 0 Å². The van der Waals surface area contributed by atoms with Gasteiger partial charge in [-0.05, 0) is 17.7 Å². The molecular formula is C18H20N2O4. The summed E-state index contributed by atoms with van der Waals surface area (Å²) in [5, 5.41) is 14.8. The zero-order chi connectivity index (χ0) is 17.4. The lowest BCUT2D eigenvalue weighted by atomic mass is 10.1. The minimum absolute atomic E-state index is 0.00687. The molecule has 0 saturated carbocycles. The fourth-order valence-electron chi connectivity index (χ4n) is 2.18. The average Bonchev–Trinajstić information content (AvgIpc) is 2.61. The number of amides is 2. The molecule has 0 aliphatic heterocycles. The molecule has 0 aromatic heterocycles. The Hall–Kier alpha value is -2.86. The summed E-state index contributed by atoms with van der Waals surface area (Å²) in [4.78, 5) is 23.7. The number of aliphatic hydroxyl groups excluding tert-OH is 1. The maximum atomic E-state index is 11.9. The minimum Gasteiger partial charge on any atom is -0.495 e. The van der Waals surface area contributed by atoms with E-state index in [2.05, 4.69) is 10.6 Å². The molecule has 0 bridgehead atoms. The highest BCUT2D eigenvalue weighted by Crippen LogP contribution is 2.22. The Balaban J connectivity index is 1.82. The number of benzene rings is 2. The van der Waals surface area contributed by atoms with E-state index in [4.69, 9.17) is 4.74 Å². The van der Waals surface area contributed by atoms with E-state index in [1.54, 1.807) is 24.3 Å². The molecule has 0 heterocycles. The van der Waals surface area contributed by atoms with Crippen LogP contribution in [0.1, 0.15) is 5.56 Å². The quantitative estimate of drug-likeness (QED) is 0.699. The lowest BCUT2D eigenvalue weighted by Crippen LogP contribution is -2.40. The number of aliphatic hydroxyl groups is 1. The SMILES string of the molecule is COc1ccccc1NC(=O)C(=O)NCC(O)Cc1ccccc1. The zero-order valence-corrected chi connectivity index (χ0v) is 13.4. The van der Waals surface area contributed by atoms with E-state index in [9.17, 15) is 14.7 Å². The van der Waals surface area contributed by atoms with Crippen molar-refractivity contribution >= 4 is 17.5 Å². The Morgan fingerprint density at radius 2 is 1.71 bits per heavy atom. The number of ether oxygens (including phenoxy) is 1. The van der Waals surface area contributed by atoms with E-state index in [-0.39, 0.29) is 6.54 Å². The zero-order valence-electron chi connectivity index (χ0n) is 13.4. The highest BCUT2D eigenvalue weighted by Gasteiger charge is 2.16. The van der Waals surface area contributed by atoms with Crippen molar-refractivity contribution in [2.75, 3.05) is 19.0 Å². The van der Waals surface area contributed by atoms with Crippen molar-refractivity contribution in [2.45, 2.75) is 12.5 Å². The molecule has 0 radical (unpaired) electrons. The van der Waals surface area contributed by atoms with Crippen LogP contribution in [0.2, 0.25) is 0 Å². The van der Waals surface area contributed by atoms with Gasteiger partial charge in [-0.3, -0.25) is 9.59 Å². The van der Waals surface area contributed by atoms with Crippen molar-refractivity contribution in [2.24, 2.45) is 0 Å². The molecular weight excluding hydrogens is 308 g/mol. The van der Waals surface area contributed by atoms with Crippen molar-refractivity contribution in [3.8, 4) is 5.75 Å². The van der Waals surface area contributed by atoms with Gasteiger partial charge in [-0.1, -0.05) is 42.5 Å². The van der Waals surface area contributed by atoms with Gasteiger partial charge < -0.3 is 20.5 Å². The summed E-state index contributed by atoms with van der Waals surface area (Å²) in [6.07, 6.45) is -0.370. The normalized spacial score (nSPS) is 11.4. The van der Waals surface area contributed by atoms with Gasteiger partial charge in [0.2, 0.25) is 0 Å².